The number of pyridine rings is 1. The van der Waals surface area contributed by atoms with Gasteiger partial charge in [-0.25, -0.2) is 4.98 Å². The van der Waals surface area contributed by atoms with Crippen LogP contribution in [-0.2, 0) is 6.54 Å². The van der Waals surface area contributed by atoms with Gasteiger partial charge in [-0.15, -0.1) is 6.58 Å². The molecule has 0 atom stereocenters. The molecule has 3 heteroatoms. The van der Waals surface area contributed by atoms with Crippen LogP contribution in [0.3, 0.4) is 0 Å². The van der Waals surface area contributed by atoms with Gasteiger partial charge in [-0.1, -0.05) is 12.1 Å². The Balaban J connectivity index is 2.50. The van der Waals surface area contributed by atoms with Crippen LogP contribution in [0.25, 0.3) is 0 Å². The van der Waals surface area contributed by atoms with Crippen molar-refractivity contribution in [2.75, 3.05) is 18.5 Å². The molecule has 0 aliphatic carbocycles. The van der Waals surface area contributed by atoms with Crippen LogP contribution in [0.15, 0.2) is 31.0 Å². The number of aromatic nitrogens is 1. The average Bonchev–Trinajstić information content (AvgIpc) is 2.29. The number of rotatable bonds is 6. The lowest BCUT2D eigenvalue weighted by molar-refractivity contribution is 0.791. The number of nitrogens with zero attached hydrogens (tertiary/aromatic N) is 2. The zero-order valence-corrected chi connectivity index (χ0v) is 9.32. The van der Waals surface area contributed by atoms with E-state index in [0.717, 1.165) is 30.8 Å². The number of allylic oxidation sites excluding steroid dienone is 1. The molecular formula is C12H19N3. The van der Waals surface area contributed by atoms with E-state index in [9.17, 15) is 0 Å². The third kappa shape index (κ3) is 3.72. The van der Waals surface area contributed by atoms with Crippen LogP contribution in [0.5, 0.6) is 0 Å². The Labute approximate surface area is 91.6 Å². The van der Waals surface area contributed by atoms with Crippen LogP contribution < -0.4 is 10.6 Å². The highest BCUT2D eigenvalue weighted by atomic mass is 15.2. The van der Waals surface area contributed by atoms with Gasteiger partial charge in [0.15, 0.2) is 0 Å². The highest BCUT2D eigenvalue weighted by Gasteiger charge is 2.00. The van der Waals surface area contributed by atoms with Gasteiger partial charge in [0.2, 0.25) is 0 Å². The summed E-state index contributed by atoms with van der Waals surface area (Å²) in [6.45, 7) is 5.25. The number of hydrogen-bond donors (Lipinski definition) is 1. The molecule has 0 aliphatic heterocycles. The molecule has 0 aromatic carbocycles. The minimum atomic E-state index is 0.549. The second-order valence-corrected chi connectivity index (χ2v) is 3.58. The molecule has 2 N–H and O–H groups in total. The standard InChI is InChI=1S/C12H19N3/c1-3-4-5-8-15(2)12-7-6-11(9-13)10-14-12/h3,6-7,10H,1,4-5,8-9,13H2,2H3. The first-order chi connectivity index (χ1) is 7.27. The predicted octanol–water partition coefficient (Wildman–Crippen LogP) is 1.94. The third-order valence-electron chi connectivity index (χ3n) is 2.34. The fourth-order valence-electron chi connectivity index (χ4n) is 1.35. The fraction of sp³-hybridized carbons (Fsp3) is 0.417. The van der Waals surface area contributed by atoms with E-state index >= 15 is 0 Å². The van der Waals surface area contributed by atoms with Gasteiger partial charge in [0.1, 0.15) is 5.82 Å². The second kappa shape index (κ2) is 6.19. The molecule has 3 nitrogen and oxygen atoms in total. The molecule has 1 aromatic heterocycles. The van der Waals surface area contributed by atoms with Crippen molar-refractivity contribution in [2.24, 2.45) is 5.73 Å². The number of hydrogen-bond acceptors (Lipinski definition) is 3. The quantitative estimate of drug-likeness (QED) is 0.570. The maximum Gasteiger partial charge on any atom is 0.128 e. The zero-order valence-electron chi connectivity index (χ0n) is 9.32. The van der Waals surface area contributed by atoms with Gasteiger partial charge in [0.05, 0.1) is 0 Å². The molecule has 1 heterocycles. The van der Waals surface area contributed by atoms with E-state index < -0.39 is 0 Å². The van der Waals surface area contributed by atoms with Gasteiger partial charge in [-0.05, 0) is 24.5 Å². The summed E-state index contributed by atoms with van der Waals surface area (Å²) in [5, 5.41) is 0. The number of unbranched alkanes of at least 4 members (excludes halogenated alkanes) is 1. The first kappa shape index (κ1) is 11.7. The largest absolute Gasteiger partial charge is 0.360 e. The van der Waals surface area contributed by atoms with Crippen molar-refractivity contribution in [3.63, 3.8) is 0 Å². The normalized spacial score (nSPS) is 10.0. The van der Waals surface area contributed by atoms with E-state index in [1.807, 2.05) is 31.5 Å². The highest BCUT2D eigenvalue weighted by molar-refractivity contribution is 5.38. The molecule has 82 valence electrons. The topological polar surface area (TPSA) is 42.1 Å². The van der Waals surface area contributed by atoms with Crippen LogP contribution in [0.1, 0.15) is 18.4 Å². The predicted molar refractivity (Wildman–Crippen MR) is 64.8 cm³/mol. The summed E-state index contributed by atoms with van der Waals surface area (Å²) >= 11 is 0. The Hall–Kier alpha value is -1.35. The smallest absolute Gasteiger partial charge is 0.128 e. The monoisotopic (exact) mass is 205 g/mol. The van der Waals surface area contributed by atoms with Crippen molar-refractivity contribution in [3.8, 4) is 0 Å². The summed E-state index contributed by atoms with van der Waals surface area (Å²) in [4.78, 5) is 6.49. The molecule has 1 aromatic rings. The lowest BCUT2D eigenvalue weighted by Gasteiger charge is -2.17. The van der Waals surface area contributed by atoms with Crippen LogP contribution in [0.4, 0.5) is 5.82 Å². The van der Waals surface area contributed by atoms with Crippen molar-refractivity contribution in [2.45, 2.75) is 19.4 Å². The molecule has 0 bridgehead atoms. The van der Waals surface area contributed by atoms with E-state index in [4.69, 9.17) is 5.73 Å². The Morgan fingerprint density at radius 1 is 1.53 bits per heavy atom. The summed E-state index contributed by atoms with van der Waals surface area (Å²) < 4.78 is 0. The van der Waals surface area contributed by atoms with Crippen molar-refractivity contribution in [1.29, 1.82) is 0 Å². The third-order valence-corrected chi connectivity index (χ3v) is 2.34. The van der Waals surface area contributed by atoms with E-state index in [-0.39, 0.29) is 0 Å². The van der Waals surface area contributed by atoms with Crippen molar-refractivity contribution in [3.05, 3.63) is 36.5 Å². The molecule has 0 radical (unpaired) electrons. The van der Waals surface area contributed by atoms with Crippen molar-refractivity contribution in [1.82, 2.24) is 4.98 Å². The molecule has 0 fully saturated rings. The summed E-state index contributed by atoms with van der Waals surface area (Å²) in [6, 6.07) is 4.03. The van der Waals surface area contributed by atoms with Crippen LogP contribution in [0.2, 0.25) is 0 Å². The molecule has 15 heavy (non-hydrogen) atoms. The lowest BCUT2D eigenvalue weighted by atomic mass is 10.2. The molecule has 0 aliphatic rings. The fourth-order valence-corrected chi connectivity index (χ4v) is 1.35. The minimum absolute atomic E-state index is 0.549. The van der Waals surface area contributed by atoms with Gasteiger partial charge < -0.3 is 10.6 Å². The van der Waals surface area contributed by atoms with Crippen molar-refractivity contribution >= 4 is 5.82 Å². The zero-order chi connectivity index (χ0) is 11.1. The van der Waals surface area contributed by atoms with Gasteiger partial charge >= 0.3 is 0 Å². The second-order valence-electron chi connectivity index (χ2n) is 3.58. The molecule has 1 rings (SSSR count). The maximum atomic E-state index is 5.51. The molecule has 0 spiro atoms. The van der Waals surface area contributed by atoms with Gasteiger partial charge in [-0.2, -0.15) is 0 Å². The summed E-state index contributed by atoms with van der Waals surface area (Å²) in [5.74, 6) is 0.997. The van der Waals surface area contributed by atoms with E-state index in [0.29, 0.717) is 6.54 Å². The van der Waals surface area contributed by atoms with Crippen LogP contribution in [-0.4, -0.2) is 18.6 Å². The molecule has 0 unspecified atom stereocenters. The highest BCUT2D eigenvalue weighted by Crippen LogP contribution is 2.10. The van der Waals surface area contributed by atoms with Gasteiger partial charge in [0, 0.05) is 26.3 Å². The Morgan fingerprint density at radius 3 is 2.87 bits per heavy atom. The molecule has 0 saturated heterocycles. The summed E-state index contributed by atoms with van der Waals surface area (Å²) in [5.41, 5.74) is 6.58. The SMILES string of the molecule is C=CCCCN(C)c1ccc(CN)cn1. The van der Waals surface area contributed by atoms with Crippen LogP contribution >= 0.6 is 0 Å². The molecular weight excluding hydrogens is 186 g/mol. The Morgan fingerprint density at radius 2 is 2.33 bits per heavy atom. The Bertz CT molecular complexity index is 292. The first-order valence-corrected chi connectivity index (χ1v) is 5.25. The van der Waals surface area contributed by atoms with Crippen molar-refractivity contribution < 1.29 is 0 Å². The molecule has 0 saturated carbocycles. The van der Waals surface area contributed by atoms with E-state index in [1.54, 1.807) is 0 Å². The van der Waals surface area contributed by atoms with Gasteiger partial charge in [-0.3, -0.25) is 0 Å². The maximum absolute atomic E-state index is 5.51. The lowest BCUT2D eigenvalue weighted by Crippen LogP contribution is -2.19. The summed E-state index contributed by atoms with van der Waals surface area (Å²) in [6.07, 6.45) is 5.93. The Kier molecular flexibility index (Phi) is 4.84. The first-order valence-electron chi connectivity index (χ1n) is 5.25. The number of nitrogens with two attached hydrogens (primary N) is 1. The van der Waals surface area contributed by atoms with Crippen LogP contribution in [0, 0.1) is 0 Å². The average molecular weight is 205 g/mol. The van der Waals surface area contributed by atoms with E-state index in [2.05, 4.69) is 16.5 Å². The van der Waals surface area contributed by atoms with Gasteiger partial charge in [0.25, 0.3) is 0 Å². The minimum Gasteiger partial charge on any atom is -0.360 e. The van der Waals surface area contributed by atoms with E-state index in [1.165, 1.54) is 0 Å². The molecule has 0 amide bonds. The summed E-state index contributed by atoms with van der Waals surface area (Å²) in [7, 11) is 2.05. The number of anilines is 1.